The molecular weight excluding hydrogens is 338 g/mol. The van der Waals surface area contributed by atoms with Gasteiger partial charge in [-0.25, -0.2) is 4.98 Å². The van der Waals surface area contributed by atoms with Gasteiger partial charge in [-0.1, -0.05) is 18.2 Å². The molecule has 0 aliphatic carbocycles. The Morgan fingerprint density at radius 1 is 1.40 bits per heavy atom. The van der Waals surface area contributed by atoms with Crippen molar-refractivity contribution in [3.63, 3.8) is 0 Å². The Hall–Kier alpha value is -2.41. The Morgan fingerprint density at radius 2 is 2.20 bits per heavy atom. The molecule has 2 heterocycles. The first kappa shape index (κ1) is 17.4. The van der Waals surface area contributed by atoms with Crippen LogP contribution < -0.4 is 10.2 Å². The van der Waals surface area contributed by atoms with Crippen LogP contribution in [0.3, 0.4) is 0 Å². The van der Waals surface area contributed by atoms with Gasteiger partial charge in [-0.3, -0.25) is 9.59 Å². The van der Waals surface area contributed by atoms with E-state index in [9.17, 15) is 9.59 Å². The number of amides is 1. The van der Waals surface area contributed by atoms with E-state index >= 15 is 0 Å². The minimum atomic E-state index is -0.312. The second-order valence-electron chi connectivity index (χ2n) is 5.98. The summed E-state index contributed by atoms with van der Waals surface area (Å²) < 4.78 is 4.90. The summed E-state index contributed by atoms with van der Waals surface area (Å²) in [5.74, 6) is -0.422. The number of carbonyl (C=O) groups is 2. The maximum atomic E-state index is 12.4. The van der Waals surface area contributed by atoms with Crippen LogP contribution in [0.2, 0.25) is 0 Å². The van der Waals surface area contributed by atoms with Gasteiger partial charge in [0.1, 0.15) is 0 Å². The fraction of sp³-hybridized carbons (Fsp3) is 0.389. The van der Waals surface area contributed by atoms with Crippen molar-refractivity contribution >= 4 is 34.0 Å². The van der Waals surface area contributed by atoms with Gasteiger partial charge in [0.15, 0.2) is 5.13 Å². The van der Waals surface area contributed by atoms with Crippen LogP contribution >= 0.6 is 11.3 Å². The van der Waals surface area contributed by atoms with Crippen molar-refractivity contribution in [2.45, 2.75) is 32.7 Å². The van der Waals surface area contributed by atoms with E-state index in [1.54, 1.807) is 12.3 Å². The zero-order valence-corrected chi connectivity index (χ0v) is 15.1. The molecular formula is C18H21N3O3S. The molecule has 0 saturated heterocycles. The van der Waals surface area contributed by atoms with Crippen LogP contribution in [0.4, 0.5) is 10.8 Å². The van der Waals surface area contributed by atoms with E-state index in [4.69, 9.17) is 4.74 Å². The first-order chi connectivity index (χ1) is 12.1. The zero-order valence-electron chi connectivity index (χ0n) is 14.3. The molecule has 1 unspecified atom stereocenters. The van der Waals surface area contributed by atoms with E-state index in [1.165, 1.54) is 16.9 Å². The fourth-order valence-corrected chi connectivity index (χ4v) is 3.72. The monoisotopic (exact) mass is 359 g/mol. The summed E-state index contributed by atoms with van der Waals surface area (Å²) in [5, 5.41) is 5.09. The van der Waals surface area contributed by atoms with E-state index in [-0.39, 0.29) is 24.8 Å². The second-order valence-corrected chi connectivity index (χ2v) is 6.84. The third kappa shape index (κ3) is 4.17. The number of para-hydroxylation sites is 1. The van der Waals surface area contributed by atoms with E-state index in [0.29, 0.717) is 23.5 Å². The Labute approximate surface area is 150 Å². The van der Waals surface area contributed by atoms with Crippen molar-refractivity contribution in [3.05, 3.63) is 40.9 Å². The number of hydrogen-bond donors (Lipinski definition) is 1. The lowest BCUT2D eigenvalue weighted by molar-refractivity contribution is -0.142. The van der Waals surface area contributed by atoms with E-state index in [2.05, 4.69) is 28.2 Å². The van der Waals surface area contributed by atoms with Gasteiger partial charge in [0.2, 0.25) is 5.91 Å². The summed E-state index contributed by atoms with van der Waals surface area (Å²) in [6.07, 6.45) is 1.07. The van der Waals surface area contributed by atoms with E-state index < -0.39 is 0 Å². The van der Waals surface area contributed by atoms with Crippen molar-refractivity contribution < 1.29 is 14.3 Å². The predicted octanol–water partition coefficient (Wildman–Crippen LogP) is 2.64. The summed E-state index contributed by atoms with van der Waals surface area (Å²) in [6, 6.07) is 8.46. The molecule has 6 nitrogen and oxygen atoms in total. The number of nitrogens with zero attached hydrogens (tertiary/aromatic N) is 2. The van der Waals surface area contributed by atoms with Gasteiger partial charge in [0, 0.05) is 17.1 Å². The summed E-state index contributed by atoms with van der Waals surface area (Å²) in [6.45, 7) is 4.52. The molecule has 1 aromatic carbocycles. The number of ether oxygens (including phenoxy) is 1. The Bertz CT molecular complexity index is 774. The maximum absolute atomic E-state index is 12.4. The molecule has 1 aliphatic heterocycles. The number of rotatable bonds is 6. The van der Waals surface area contributed by atoms with Crippen molar-refractivity contribution in [2.75, 3.05) is 23.4 Å². The third-order valence-corrected chi connectivity index (χ3v) is 4.90. The van der Waals surface area contributed by atoms with Crippen molar-refractivity contribution in [1.82, 2.24) is 4.98 Å². The van der Waals surface area contributed by atoms with Gasteiger partial charge in [0.05, 0.1) is 25.3 Å². The minimum Gasteiger partial charge on any atom is -0.466 e. The first-order valence-electron chi connectivity index (χ1n) is 8.31. The lowest BCUT2D eigenvalue weighted by atomic mass is 10.1. The number of anilines is 2. The lowest BCUT2D eigenvalue weighted by Gasteiger charge is -2.23. The van der Waals surface area contributed by atoms with Crippen LogP contribution in [0.5, 0.6) is 0 Å². The normalized spacial score (nSPS) is 15.8. The highest BCUT2D eigenvalue weighted by molar-refractivity contribution is 7.13. The number of hydrogen-bond acceptors (Lipinski definition) is 6. The molecule has 0 fully saturated rings. The Kier molecular flexibility index (Phi) is 5.33. The Morgan fingerprint density at radius 3 is 3.00 bits per heavy atom. The lowest BCUT2D eigenvalue weighted by Crippen LogP contribution is -2.37. The van der Waals surface area contributed by atoms with Crippen molar-refractivity contribution in [2.24, 2.45) is 0 Å². The third-order valence-electron chi connectivity index (χ3n) is 4.09. The smallest absolute Gasteiger partial charge is 0.311 e. The quantitative estimate of drug-likeness (QED) is 0.803. The van der Waals surface area contributed by atoms with Gasteiger partial charge in [0.25, 0.3) is 0 Å². The highest BCUT2D eigenvalue weighted by Gasteiger charge is 2.27. The van der Waals surface area contributed by atoms with Crippen LogP contribution in [0, 0.1) is 0 Å². The summed E-state index contributed by atoms with van der Waals surface area (Å²) in [4.78, 5) is 30.2. The number of thiazole rings is 1. The van der Waals surface area contributed by atoms with Crippen molar-refractivity contribution in [1.29, 1.82) is 0 Å². The van der Waals surface area contributed by atoms with Gasteiger partial charge >= 0.3 is 5.97 Å². The average Bonchev–Trinajstić information content (AvgIpc) is 3.12. The van der Waals surface area contributed by atoms with Gasteiger partial charge in [-0.2, -0.15) is 0 Å². The van der Waals surface area contributed by atoms with Crippen LogP contribution in [-0.2, 0) is 27.2 Å². The first-order valence-corrected chi connectivity index (χ1v) is 9.19. The van der Waals surface area contributed by atoms with Crippen LogP contribution in [0.1, 0.15) is 25.1 Å². The van der Waals surface area contributed by atoms with Crippen molar-refractivity contribution in [3.8, 4) is 0 Å². The summed E-state index contributed by atoms with van der Waals surface area (Å²) >= 11 is 1.31. The molecule has 25 heavy (non-hydrogen) atoms. The number of carbonyl (C=O) groups excluding carboxylic acids is 2. The molecule has 2 aromatic rings. The summed E-state index contributed by atoms with van der Waals surface area (Å²) in [5.41, 5.74) is 3.00. The van der Waals surface area contributed by atoms with Gasteiger partial charge in [-0.15, -0.1) is 11.3 Å². The molecule has 1 aromatic heterocycles. The van der Waals surface area contributed by atoms with Gasteiger partial charge < -0.3 is 15.0 Å². The molecule has 0 radical (unpaired) electrons. The van der Waals surface area contributed by atoms with Crippen LogP contribution in [0.25, 0.3) is 0 Å². The SMILES string of the molecule is CCOC(=O)Cc1csc(NC(=O)CN2c3ccccc3CC2C)n1. The molecule has 0 saturated carbocycles. The topological polar surface area (TPSA) is 71.5 Å². The van der Waals surface area contributed by atoms with Crippen LogP contribution in [0.15, 0.2) is 29.6 Å². The molecule has 1 amide bonds. The number of nitrogens with one attached hydrogen (secondary N) is 1. The molecule has 1 N–H and O–H groups in total. The number of fused-ring (bicyclic) bond motifs is 1. The molecule has 1 aliphatic rings. The highest BCUT2D eigenvalue weighted by Crippen LogP contribution is 2.31. The molecule has 7 heteroatoms. The van der Waals surface area contributed by atoms with Gasteiger partial charge in [-0.05, 0) is 31.9 Å². The predicted molar refractivity (Wildman–Crippen MR) is 98.0 cm³/mol. The Balaban J connectivity index is 1.58. The number of benzene rings is 1. The molecule has 3 rings (SSSR count). The molecule has 0 bridgehead atoms. The minimum absolute atomic E-state index is 0.111. The maximum Gasteiger partial charge on any atom is 0.311 e. The molecule has 1 atom stereocenters. The van der Waals surface area contributed by atoms with E-state index in [0.717, 1.165) is 12.1 Å². The van der Waals surface area contributed by atoms with Crippen LogP contribution in [-0.4, -0.2) is 36.1 Å². The largest absolute Gasteiger partial charge is 0.466 e. The number of esters is 1. The average molecular weight is 359 g/mol. The number of aromatic nitrogens is 1. The molecule has 0 spiro atoms. The molecule has 132 valence electrons. The fourth-order valence-electron chi connectivity index (χ4n) is 2.99. The zero-order chi connectivity index (χ0) is 17.8. The second kappa shape index (κ2) is 7.65. The summed E-state index contributed by atoms with van der Waals surface area (Å²) in [7, 11) is 0. The van der Waals surface area contributed by atoms with E-state index in [1.807, 2.05) is 18.2 Å². The highest BCUT2D eigenvalue weighted by atomic mass is 32.1. The standard InChI is InChI=1S/C18H21N3O3S/c1-3-24-17(23)9-14-11-25-18(19-14)20-16(22)10-21-12(2)8-13-6-4-5-7-15(13)21/h4-7,11-12H,3,8-10H2,1-2H3,(H,19,20,22).